The number of rotatable bonds is 9. The Morgan fingerprint density at radius 2 is 1.44 bits per heavy atom. The van der Waals surface area contributed by atoms with E-state index in [9.17, 15) is 9.59 Å². The highest BCUT2D eigenvalue weighted by molar-refractivity contribution is 5.73. The average molecular weight is 354 g/mol. The first-order valence-corrected chi connectivity index (χ1v) is 10.1. The first-order chi connectivity index (χ1) is 12.1. The fourth-order valence-corrected chi connectivity index (χ4v) is 3.93. The second kappa shape index (κ2) is 10.8. The molecule has 0 radical (unpaired) electrons. The lowest BCUT2D eigenvalue weighted by atomic mass is 9.86. The summed E-state index contributed by atoms with van der Waals surface area (Å²) in [4.78, 5) is 23.3. The van der Waals surface area contributed by atoms with Crippen molar-refractivity contribution in [3.8, 4) is 0 Å². The molecule has 2 fully saturated rings. The highest BCUT2D eigenvalue weighted by atomic mass is 16.5. The van der Waals surface area contributed by atoms with Crippen LogP contribution < -0.4 is 0 Å². The molecule has 0 aromatic rings. The molecular formula is C20H34O5. The van der Waals surface area contributed by atoms with Crippen molar-refractivity contribution in [1.82, 2.24) is 0 Å². The molecule has 0 aromatic carbocycles. The molecule has 0 spiro atoms. The number of ether oxygens (including phenoxy) is 2. The van der Waals surface area contributed by atoms with Crippen LogP contribution in [-0.2, 0) is 19.1 Å². The van der Waals surface area contributed by atoms with E-state index in [1.165, 1.54) is 19.3 Å². The first-order valence-electron chi connectivity index (χ1n) is 10.1. The zero-order chi connectivity index (χ0) is 18.1. The molecule has 0 amide bonds. The van der Waals surface area contributed by atoms with Crippen molar-refractivity contribution in [3.63, 3.8) is 0 Å². The van der Waals surface area contributed by atoms with E-state index >= 15 is 0 Å². The van der Waals surface area contributed by atoms with Crippen LogP contribution in [0.15, 0.2) is 0 Å². The topological polar surface area (TPSA) is 72.8 Å². The van der Waals surface area contributed by atoms with Gasteiger partial charge in [-0.2, -0.15) is 0 Å². The third-order valence-corrected chi connectivity index (χ3v) is 5.67. The Morgan fingerprint density at radius 3 is 2.04 bits per heavy atom. The molecular weight excluding hydrogens is 320 g/mol. The zero-order valence-corrected chi connectivity index (χ0v) is 15.6. The van der Waals surface area contributed by atoms with Crippen molar-refractivity contribution in [2.45, 2.75) is 96.2 Å². The van der Waals surface area contributed by atoms with Crippen LogP contribution in [0.5, 0.6) is 0 Å². The van der Waals surface area contributed by atoms with Crippen LogP contribution in [0.2, 0.25) is 0 Å². The van der Waals surface area contributed by atoms with Gasteiger partial charge in [0.25, 0.3) is 0 Å². The van der Waals surface area contributed by atoms with Gasteiger partial charge in [-0.1, -0.05) is 26.2 Å². The molecule has 0 unspecified atom stereocenters. The van der Waals surface area contributed by atoms with Crippen LogP contribution in [0, 0.1) is 11.8 Å². The number of hydrogen-bond donors (Lipinski definition) is 1. The molecule has 2 aliphatic rings. The van der Waals surface area contributed by atoms with Crippen molar-refractivity contribution in [1.29, 1.82) is 0 Å². The van der Waals surface area contributed by atoms with Crippen LogP contribution in [0.1, 0.15) is 84.0 Å². The minimum atomic E-state index is -0.724. The second-order valence-electron chi connectivity index (χ2n) is 7.65. The van der Waals surface area contributed by atoms with E-state index in [1.807, 2.05) is 0 Å². The van der Waals surface area contributed by atoms with Gasteiger partial charge in [0, 0.05) is 6.61 Å². The average Bonchev–Trinajstić information content (AvgIpc) is 2.62. The van der Waals surface area contributed by atoms with Gasteiger partial charge in [-0.15, -0.1) is 0 Å². The van der Waals surface area contributed by atoms with Crippen LogP contribution in [0.3, 0.4) is 0 Å². The maximum atomic E-state index is 12.3. The van der Waals surface area contributed by atoms with Gasteiger partial charge in [0.2, 0.25) is 0 Å². The summed E-state index contributed by atoms with van der Waals surface area (Å²) in [6.07, 6.45) is 11.3. The lowest BCUT2D eigenvalue weighted by molar-refractivity contribution is -0.159. The number of carbonyl (C=O) groups excluding carboxylic acids is 1. The first kappa shape index (κ1) is 20.2. The highest BCUT2D eigenvalue weighted by Crippen LogP contribution is 2.31. The summed E-state index contributed by atoms with van der Waals surface area (Å²) in [6, 6.07) is 0. The summed E-state index contributed by atoms with van der Waals surface area (Å²) >= 11 is 0. The summed E-state index contributed by atoms with van der Waals surface area (Å²) in [5.41, 5.74) is 0. The largest absolute Gasteiger partial charge is 0.481 e. The number of hydrogen-bond acceptors (Lipinski definition) is 4. The normalized spacial score (nSPS) is 30.0. The third-order valence-electron chi connectivity index (χ3n) is 5.67. The van der Waals surface area contributed by atoms with Crippen LogP contribution >= 0.6 is 0 Å². The maximum Gasteiger partial charge on any atom is 0.309 e. The standard InChI is InChI=1S/C20H34O5/c1-2-3-4-5-14-24-17-10-8-16(9-11-17)20(23)25-18-12-6-15(7-13-18)19(21)22/h15-18H,2-14H2,1H3,(H,21,22). The van der Waals surface area contributed by atoms with Gasteiger partial charge in [0.15, 0.2) is 0 Å². The molecule has 5 heteroatoms. The quantitative estimate of drug-likeness (QED) is 0.493. The molecule has 0 atom stereocenters. The molecule has 0 saturated heterocycles. The predicted octanol–water partition coefficient (Wildman–Crippen LogP) is 4.33. The Morgan fingerprint density at radius 1 is 0.840 bits per heavy atom. The molecule has 5 nitrogen and oxygen atoms in total. The van der Waals surface area contributed by atoms with Gasteiger partial charge >= 0.3 is 11.9 Å². The van der Waals surface area contributed by atoms with Crippen molar-refractivity contribution in [3.05, 3.63) is 0 Å². The lowest BCUT2D eigenvalue weighted by Gasteiger charge is -2.30. The molecule has 0 aromatic heterocycles. The number of carboxylic acid groups (broad SMARTS) is 1. The summed E-state index contributed by atoms with van der Waals surface area (Å²) in [6.45, 7) is 3.05. The van der Waals surface area contributed by atoms with Crippen molar-refractivity contribution in [2.75, 3.05) is 6.61 Å². The Kier molecular flexibility index (Phi) is 8.73. The third kappa shape index (κ3) is 6.96. The number of unbranched alkanes of at least 4 members (excludes halogenated alkanes) is 3. The number of aliphatic carboxylic acids is 1. The van der Waals surface area contributed by atoms with E-state index < -0.39 is 5.97 Å². The minimum absolute atomic E-state index is 0.00265. The van der Waals surface area contributed by atoms with Crippen molar-refractivity contribution in [2.24, 2.45) is 11.8 Å². The van der Waals surface area contributed by atoms with Gasteiger partial charge < -0.3 is 14.6 Å². The Bertz CT molecular complexity index is 406. The number of carboxylic acids is 1. The van der Waals surface area contributed by atoms with E-state index in [1.54, 1.807) is 0 Å². The Balaban J connectivity index is 1.59. The minimum Gasteiger partial charge on any atom is -0.481 e. The van der Waals surface area contributed by atoms with Gasteiger partial charge in [-0.05, 0) is 57.8 Å². The molecule has 144 valence electrons. The van der Waals surface area contributed by atoms with Gasteiger partial charge in [-0.25, -0.2) is 0 Å². The van der Waals surface area contributed by atoms with E-state index in [2.05, 4.69) is 6.92 Å². The van der Waals surface area contributed by atoms with Gasteiger partial charge in [-0.3, -0.25) is 9.59 Å². The fourth-order valence-electron chi connectivity index (χ4n) is 3.93. The van der Waals surface area contributed by atoms with Crippen molar-refractivity contribution >= 4 is 11.9 Å². The molecule has 0 bridgehead atoms. The highest BCUT2D eigenvalue weighted by Gasteiger charge is 2.32. The smallest absolute Gasteiger partial charge is 0.309 e. The molecule has 25 heavy (non-hydrogen) atoms. The van der Waals surface area contributed by atoms with E-state index in [0.717, 1.165) is 38.7 Å². The predicted molar refractivity (Wildman–Crippen MR) is 95.3 cm³/mol. The monoisotopic (exact) mass is 354 g/mol. The fraction of sp³-hybridized carbons (Fsp3) is 0.900. The molecule has 0 heterocycles. The number of carbonyl (C=O) groups is 2. The molecule has 2 saturated carbocycles. The Hall–Kier alpha value is -1.10. The molecule has 2 aliphatic carbocycles. The van der Waals surface area contributed by atoms with Crippen LogP contribution in [0.25, 0.3) is 0 Å². The van der Waals surface area contributed by atoms with Gasteiger partial charge in [0.1, 0.15) is 6.10 Å². The zero-order valence-electron chi connectivity index (χ0n) is 15.6. The summed E-state index contributed by atoms with van der Waals surface area (Å²) < 4.78 is 11.6. The molecule has 1 N–H and O–H groups in total. The van der Waals surface area contributed by atoms with E-state index in [0.29, 0.717) is 31.8 Å². The summed E-state index contributed by atoms with van der Waals surface area (Å²) in [5, 5.41) is 9.02. The van der Waals surface area contributed by atoms with Crippen LogP contribution in [-0.4, -0.2) is 35.9 Å². The molecule has 0 aliphatic heterocycles. The SMILES string of the molecule is CCCCCCOC1CCC(C(=O)OC2CCC(C(=O)O)CC2)CC1. The number of esters is 1. The Labute approximate surface area is 151 Å². The van der Waals surface area contributed by atoms with E-state index in [-0.39, 0.29) is 23.9 Å². The molecule has 2 rings (SSSR count). The summed E-state index contributed by atoms with van der Waals surface area (Å²) in [7, 11) is 0. The van der Waals surface area contributed by atoms with E-state index in [4.69, 9.17) is 14.6 Å². The van der Waals surface area contributed by atoms with Crippen LogP contribution in [0.4, 0.5) is 0 Å². The van der Waals surface area contributed by atoms with Crippen molar-refractivity contribution < 1.29 is 24.2 Å². The maximum absolute atomic E-state index is 12.3. The van der Waals surface area contributed by atoms with Gasteiger partial charge in [0.05, 0.1) is 17.9 Å². The summed E-state index contributed by atoms with van der Waals surface area (Å²) in [5.74, 6) is -1.07. The second-order valence-corrected chi connectivity index (χ2v) is 7.65. The lowest BCUT2D eigenvalue weighted by Crippen LogP contribution is -2.32.